The molecule has 0 atom stereocenters. The second-order valence-electron chi connectivity index (χ2n) is 6.01. The minimum atomic E-state index is -3.59. The number of rotatable bonds is 3. The molecular formula is C17H18ClN3O4S. The van der Waals surface area contributed by atoms with E-state index < -0.39 is 10.0 Å². The quantitative estimate of drug-likeness (QED) is 0.791. The summed E-state index contributed by atoms with van der Waals surface area (Å²) in [5, 5.41) is 0.565. The predicted octanol–water partition coefficient (Wildman–Crippen LogP) is 2.02. The molecule has 9 heteroatoms. The van der Waals surface area contributed by atoms with Gasteiger partial charge >= 0.3 is 0 Å². The summed E-state index contributed by atoms with van der Waals surface area (Å²) < 4.78 is 38.3. The van der Waals surface area contributed by atoms with Crippen LogP contribution in [0.3, 0.4) is 0 Å². The van der Waals surface area contributed by atoms with Crippen molar-refractivity contribution >= 4 is 27.4 Å². The Labute approximate surface area is 157 Å². The smallest absolute Gasteiger partial charge is 0.243 e. The number of nitrogens with zero attached hydrogens (tertiary/aromatic N) is 3. The van der Waals surface area contributed by atoms with Gasteiger partial charge in [0.1, 0.15) is 19.0 Å². The van der Waals surface area contributed by atoms with Gasteiger partial charge in [0.25, 0.3) is 0 Å². The first-order chi connectivity index (χ1) is 12.6. The van der Waals surface area contributed by atoms with Gasteiger partial charge in [0.05, 0.1) is 9.92 Å². The molecule has 0 aliphatic carbocycles. The number of sulfonamides is 1. The van der Waals surface area contributed by atoms with Gasteiger partial charge in [-0.1, -0.05) is 11.6 Å². The van der Waals surface area contributed by atoms with Gasteiger partial charge in [-0.2, -0.15) is 4.31 Å². The lowest BCUT2D eigenvalue weighted by Crippen LogP contribution is -2.49. The molecule has 0 radical (unpaired) electrons. The number of fused-ring (bicyclic) bond motifs is 1. The highest BCUT2D eigenvalue weighted by Crippen LogP contribution is 2.33. The van der Waals surface area contributed by atoms with Crippen molar-refractivity contribution in [2.24, 2.45) is 0 Å². The lowest BCUT2D eigenvalue weighted by Gasteiger charge is -2.35. The van der Waals surface area contributed by atoms with Crippen LogP contribution in [0.2, 0.25) is 5.02 Å². The molecular weight excluding hydrogens is 378 g/mol. The van der Waals surface area contributed by atoms with E-state index in [0.717, 1.165) is 0 Å². The van der Waals surface area contributed by atoms with Gasteiger partial charge in [-0.05, 0) is 24.3 Å². The van der Waals surface area contributed by atoms with E-state index in [1.165, 1.54) is 10.4 Å². The lowest BCUT2D eigenvalue weighted by atomic mass is 10.3. The highest BCUT2D eigenvalue weighted by molar-refractivity contribution is 7.89. The SMILES string of the molecule is O=S(=O)(c1ccc2c(c1)OCCO2)N1CCN(c2ncccc2Cl)CC1. The number of hydrogen-bond donors (Lipinski definition) is 0. The van der Waals surface area contributed by atoms with Crippen LogP contribution >= 0.6 is 11.6 Å². The van der Waals surface area contributed by atoms with Gasteiger partial charge in [0, 0.05) is 38.4 Å². The number of aromatic nitrogens is 1. The Bertz CT molecular complexity index is 914. The van der Waals surface area contributed by atoms with E-state index in [2.05, 4.69) is 4.98 Å². The summed E-state index contributed by atoms with van der Waals surface area (Å²) in [4.78, 5) is 6.50. The Balaban J connectivity index is 1.51. The molecule has 0 N–H and O–H groups in total. The molecule has 138 valence electrons. The number of halogens is 1. The van der Waals surface area contributed by atoms with E-state index in [0.29, 0.717) is 61.7 Å². The molecule has 7 nitrogen and oxygen atoms in total. The maximum atomic E-state index is 13.0. The fraction of sp³-hybridized carbons (Fsp3) is 0.353. The number of anilines is 1. The molecule has 2 aromatic rings. The Morgan fingerprint density at radius 2 is 1.73 bits per heavy atom. The summed E-state index contributed by atoms with van der Waals surface area (Å²) in [5.74, 6) is 1.73. The highest BCUT2D eigenvalue weighted by atomic mass is 35.5. The molecule has 0 spiro atoms. The average molecular weight is 396 g/mol. The third kappa shape index (κ3) is 3.20. The fourth-order valence-electron chi connectivity index (χ4n) is 3.08. The van der Waals surface area contributed by atoms with Gasteiger partial charge in [-0.3, -0.25) is 0 Å². The molecule has 0 unspecified atom stereocenters. The molecule has 1 aromatic heterocycles. The van der Waals surface area contributed by atoms with Gasteiger partial charge in [-0.25, -0.2) is 13.4 Å². The van der Waals surface area contributed by atoms with E-state index in [1.54, 1.807) is 30.5 Å². The molecule has 1 fully saturated rings. The van der Waals surface area contributed by atoms with Crippen LogP contribution < -0.4 is 14.4 Å². The van der Waals surface area contributed by atoms with Crippen LogP contribution in [-0.4, -0.2) is 57.1 Å². The standard InChI is InChI=1S/C17H18ClN3O4S/c18-14-2-1-5-19-17(14)20-6-8-21(9-7-20)26(22,23)13-3-4-15-16(12-13)25-11-10-24-15/h1-5,12H,6-11H2. The zero-order valence-electron chi connectivity index (χ0n) is 14.0. The second-order valence-corrected chi connectivity index (χ2v) is 8.35. The number of pyridine rings is 1. The molecule has 4 rings (SSSR count). The van der Waals surface area contributed by atoms with E-state index in [1.807, 2.05) is 4.90 Å². The summed E-state index contributed by atoms with van der Waals surface area (Å²) in [6, 6.07) is 8.29. The van der Waals surface area contributed by atoms with Gasteiger partial charge in [-0.15, -0.1) is 0 Å². The van der Waals surface area contributed by atoms with Crippen molar-refractivity contribution in [1.29, 1.82) is 0 Å². The monoisotopic (exact) mass is 395 g/mol. The minimum Gasteiger partial charge on any atom is -0.486 e. The van der Waals surface area contributed by atoms with Gasteiger partial charge < -0.3 is 14.4 Å². The molecule has 1 saturated heterocycles. The fourth-order valence-corrected chi connectivity index (χ4v) is 4.76. The molecule has 2 aliphatic rings. The first-order valence-electron chi connectivity index (χ1n) is 8.31. The van der Waals surface area contributed by atoms with Crippen molar-refractivity contribution < 1.29 is 17.9 Å². The number of piperazine rings is 1. The van der Waals surface area contributed by atoms with Crippen LogP contribution in [0, 0.1) is 0 Å². The summed E-state index contributed by atoms with van der Waals surface area (Å²) >= 11 is 6.19. The van der Waals surface area contributed by atoms with Crippen LogP contribution in [0.1, 0.15) is 0 Å². The number of ether oxygens (including phenoxy) is 2. The van der Waals surface area contributed by atoms with Gasteiger partial charge in [0.2, 0.25) is 10.0 Å². The van der Waals surface area contributed by atoms with Crippen molar-refractivity contribution in [2.75, 3.05) is 44.3 Å². The van der Waals surface area contributed by atoms with Crippen molar-refractivity contribution in [3.63, 3.8) is 0 Å². The second kappa shape index (κ2) is 6.94. The van der Waals surface area contributed by atoms with Crippen molar-refractivity contribution in [3.05, 3.63) is 41.6 Å². The molecule has 2 aliphatic heterocycles. The summed E-state index contributed by atoms with van der Waals surface area (Å²) in [5.41, 5.74) is 0. The number of benzene rings is 1. The Kier molecular flexibility index (Phi) is 4.64. The summed E-state index contributed by atoms with van der Waals surface area (Å²) in [7, 11) is -3.59. The van der Waals surface area contributed by atoms with Crippen LogP contribution in [0.15, 0.2) is 41.4 Å². The van der Waals surface area contributed by atoms with E-state index in [9.17, 15) is 8.42 Å². The topological polar surface area (TPSA) is 72.0 Å². The summed E-state index contributed by atoms with van der Waals surface area (Å²) in [6.07, 6.45) is 1.68. The number of hydrogen-bond acceptors (Lipinski definition) is 6. The first-order valence-corrected chi connectivity index (χ1v) is 10.1. The third-order valence-corrected chi connectivity index (χ3v) is 6.62. The average Bonchev–Trinajstić information content (AvgIpc) is 2.68. The maximum Gasteiger partial charge on any atom is 0.243 e. The Morgan fingerprint density at radius 3 is 2.46 bits per heavy atom. The van der Waals surface area contributed by atoms with E-state index >= 15 is 0 Å². The van der Waals surface area contributed by atoms with E-state index in [-0.39, 0.29) is 4.90 Å². The van der Waals surface area contributed by atoms with Crippen molar-refractivity contribution in [1.82, 2.24) is 9.29 Å². The molecule has 26 heavy (non-hydrogen) atoms. The zero-order chi connectivity index (χ0) is 18.1. The minimum absolute atomic E-state index is 0.214. The predicted molar refractivity (Wildman–Crippen MR) is 97.7 cm³/mol. The normalized spacial score (nSPS) is 18.0. The Morgan fingerprint density at radius 1 is 1.00 bits per heavy atom. The third-order valence-electron chi connectivity index (χ3n) is 4.43. The van der Waals surface area contributed by atoms with Crippen LogP contribution in [0.5, 0.6) is 11.5 Å². The highest BCUT2D eigenvalue weighted by Gasteiger charge is 2.30. The van der Waals surface area contributed by atoms with Gasteiger partial charge in [0.15, 0.2) is 11.5 Å². The summed E-state index contributed by atoms with van der Waals surface area (Å²) in [6.45, 7) is 2.67. The Hall–Kier alpha value is -2.03. The maximum absolute atomic E-state index is 13.0. The van der Waals surface area contributed by atoms with Crippen molar-refractivity contribution in [2.45, 2.75) is 4.90 Å². The lowest BCUT2D eigenvalue weighted by molar-refractivity contribution is 0.171. The van der Waals surface area contributed by atoms with Crippen LogP contribution in [-0.2, 0) is 10.0 Å². The molecule has 3 heterocycles. The van der Waals surface area contributed by atoms with Crippen LogP contribution in [0.25, 0.3) is 0 Å². The van der Waals surface area contributed by atoms with Crippen LogP contribution in [0.4, 0.5) is 5.82 Å². The zero-order valence-corrected chi connectivity index (χ0v) is 15.5. The largest absolute Gasteiger partial charge is 0.486 e. The molecule has 0 bridgehead atoms. The first kappa shape index (κ1) is 17.4. The van der Waals surface area contributed by atoms with E-state index in [4.69, 9.17) is 21.1 Å². The molecule has 0 saturated carbocycles. The van der Waals surface area contributed by atoms with Crippen molar-refractivity contribution in [3.8, 4) is 11.5 Å². The molecule has 0 amide bonds. The molecule has 1 aromatic carbocycles.